The zero-order chi connectivity index (χ0) is 16.7. The van der Waals surface area contributed by atoms with Gasteiger partial charge in [0, 0.05) is 20.3 Å². The van der Waals surface area contributed by atoms with Crippen LogP contribution >= 0.6 is 0 Å². The Morgan fingerprint density at radius 1 is 1.35 bits per heavy atom. The highest BCUT2D eigenvalue weighted by molar-refractivity contribution is 5.93. The minimum atomic E-state index is -1.24. The lowest BCUT2D eigenvalue weighted by atomic mass is 10.1. The van der Waals surface area contributed by atoms with Gasteiger partial charge in [0.25, 0.3) is 0 Å². The molecule has 0 aromatic carbocycles. The second-order valence-corrected chi connectivity index (χ2v) is 5.58. The van der Waals surface area contributed by atoms with Gasteiger partial charge in [0.1, 0.15) is 42.2 Å². The molecule has 4 atom stereocenters. The van der Waals surface area contributed by atoms with Crippen molar-refractivity contribution in [2.45, 2.75) is 24.5 Å². The molecule has 0 aliphatic carbocycles. The zero-order valence-electron chi connectivity index (χ0n) is 12.7. The van der Waals surface area contributed by atoms with Crippen molar-refractivity contribution < 1.29 is 20.1 Å². The molecule has 9 heteroatoms. The van der Waals surface area contributed by atoms with Crippen molar-refractivity contribution in [1.82, 2.24) is 14.5 Å². The lowest BCUT2D eigenvalue weighted by Gasteiger charge is -2.18. The molecular formula is C14H17N5O4. The summed E-state index contributed by atoms with van der Waals surface area (Å²) in [6.45, 7) is -0.420. The Balaban J connectivity index is 2.17. The van der Waals surface area contributed by atoms with Gasteiger partial charge in [0.05, 0.1) is 17.6 Å². The number of aliphatic hydroxyl groups is 3. The van der Waals surface area contributed by atoms with Crippen LogP contribution in [0.1, 0.15) is 11.8 Å². The van der Waals surface area contributed by atoms with Gasteiger partial charge in [-0.05, 0) is 0 Å². The van der Waals surface area contributed by atoms with Crippen LogP contribution < -0.4 is 4.90 Å². The highest BCUT2D eigenvalue weighted by Gasteiger charge is 2.44. The third-order valence-electron chi connectivity index (χ3n) is 3.92. The van der Waals surface area contributed by atoms with E-state index in [0.29, 0.717) is 22.4 Å². The fourth-order valence-corrected chi connectivity index (χ4v) is 2.80. The van der Waals surface area contributed by atoms with Gasteiger partial charge >= 0.3 is 0 Å². The maximum absolute atomic E-state index is 10.2. The summed E-state index contributed by atoms with van der Waals surface area (Å²) in [5.74, 6) is 0.567. The quantitative estimate of drug-likeness (QED) is 0.656. The molecule has 1 aliphatic rings. The van der Waals surface area contributed by atoms with E-state index in [1.807, 2.05) is 0 Å². The van der Waals surface area contributed by atoms with Crippen LogP contribution in [0.4, 0.5) is 5.82 Å². The Morgan fingerprint density at radius 3 is 2.65 bits per heavy atom. The van der Waals surface area contributed by atoms with Gasteiger partial charge in [0.2, 0.25) is 0 Å². The van der Waals surface area contributed by atoms with Crippen molar-refractivity contribution >= 4 is 16.9 Å². The van der Waals surface area contributed by atoms with Gasteiger partial charge in [-0.2, -0.15) is 5.26 Å². The van der Waals surface area contributed by atoms with Gasteiger partial charge in [0.15, 0.2) is 6.23 Å². The molecule has 9 nitrogen and oxygen atoms in total. The monoisotopic (exact) mass is 319 g/mol. The summed E-state index contributed by atoms with van der Waals surface area (Å²) < 4.78 is 7.01. The van der Waals surface area contributed by atoms with Crippen LogP contribution in [0.25, 0.3) is 11.0 Å². The molecule has 1 aliphatic heterocycles. The number of anilines is 1. The van der Waals surface area contributed by atoms with E-state index in [1.165, 1.54) is 17.1 Å². The van der Waals surface area contributed by atoms with E-state index in [4.69, 9.17) is 4.74 Å². The first-order valence-corrected chi connectivity index (χ1v) is 7.05. The highest BCUT2D eigenvalue weighted by atomic mass is 16.6. The van der Waals surface area contributed by atoms with E-state index in [2.05, 4.69) is 16.0 Å². The third kappa shape index (κ3) is 2.32. The first-order chi connectivity index (χ1) is 11.0. The minimum absolute atomic E-state index is 0.335. The second kappa shape index (κ2) is 5.75. The van der Waals surface area contributed by atoms with Crippen LogP contribution in [0.2, 0.25) is 0 Å². The van der Waals surface area contributed by atoms with Crippen molar-refractivity contribution in [2.24, 2.45) is 0 Å². The number of aromatic nitrogens is 3. The largest absolute Gasteiger partial charge is 0.394 e. The molecule has 3 N–H and O–H groups in total. The van der Waals surface area contributed by atoms with Gasteiger partial charge in [-0.1, -0.05) is 0 Å². The summed E-state index contributed by atoms with van der Waals surface area (Å²) in [5, 5.41) is 39.2. The van der Waals surface area contributed by atoms with Crippen LogP contribution in [0.3, 0.4) is 0 Å². The number of rotatable bonds is 3. The molecule has 0 amide bonds. The number of ether oxygens (including phenoxy) is 1. The summed E-state index contributed by atoms with van der Waals surface area (Å²) in [7, 11) is 3.60. The second-order valence-electron chi connectivity index (χ2n) is 5.58. The first-order valence-electron chi connectivity index (χ1n) is 7.05. The maximum atomic E-state index is 10.2. The van der Waals surface area contributed by atoms with Gasteiger partial charge in [-0.3, -0.25) is 0 Å². The molecular weight excluding hydrogens is 302 g/mol. The van der Waals surface area contributed by atoms with E-state index in [-0.39, 0.29) is 0 Å². The van der Waals surface area contributed by atoms with Crippen LogP contribution in [-0.4, -0.2) is 68.9 Å². The standard InChI is InChI=1S/C14H17N5O4/c1-18(2)12-9-7(3-15)4-19(13(9)17-6-16-12)14-11(22)10(21)8(5-20)23-14/h4,6,8,10-11,14,20-22H,5H2,1-2H3/t8-,10-,11-,14-/m1/s1. The van der Waals surface area contributed by atoms with Gasteiger partial charge < -0.3 is 29.5 Å². The SMILES string of the molecule is CN(C)c1ncnc2c1c(C#N)cn2[C@@H]1O[C@H](CO)[C@@H](O)[C@H]1O. The molecule has 3 rings (SSSR count). The fourth-order valence-electron chi connectivity index (χ4n) is 2.80. The van der Waals surface area contributed by atoms with E-state index < -0.39 is 31.1 Å². The topological polar surface area (TPSA) is 128 Å². The van der Waals surface area contributed by atoms with Crippen LogP contribution in [-0.2, 0) is 4.74 Å². The zero-order valence-corrected chi connectivity index (χ0v) is 12.7. The summed E-state index contributed by atoms with van der Waals surface area (Å²) in [6, 6.07) is 2.08. The van der Waals surface area contributed by atoms with Crippen molar-refractivity contribution in [1.29, 1.82) is 5.26 Å². The molecule has 0 spiro atoms. The summed E-state index contributed by atoms with van der Waals surface area (Å²) in [6.07, 6.45) is -1.44. The molecule has 0 bridgehead atoms. The van der Waals surface area contributed by atoms with E-state index in [0.717, 1.165) is 0 Å². The molecule has 122 valence electrons. The number of hydrogen-bond acceptors (Lipinski definition) is 8. The average Bonchev–Trinajstić information content (AvgIpc) is 3.05. The smallest absolute Gasteiger partial charge is 0.164 e. The normalized spacial score (nSPS) is 27.3. The predicted octanol–water partition coefficient (Wildman–Crippen LogP) is -1.02. The molecule has 3 heterocycles. The molecule has 0 radical (unpaired) electrons. The van der Waals surface area contributed by atoms with Crippen LogP contribution in [0.5, 0.6) is 0 Å². The Morgan fingerprint density at radius 2 is 2.09 bits per heavy atom. The molecule has 0 unspecified atom stereocenters. The van der Waals surface area contributed by atoms with Crippen molar-refractivity contribution in [2.75, 3.05) is 25.6 Å². The molecule has 2 aromatic heterocycles. The third-order valence-corrected chi connectivity index (χ3v) is 3.92. The Labute approximate surface area is 132 Å². The van der Waals surface area contributed by atoms with Crippen molar-refractivity contribution in [3.8, 4) is 6.07 Å². The van der Waals surface area contributed by atoms with E-state index in [9.17, 15) is 20.6 Å². The van der Waals surface area contributed by atoms with Crippen LogP contribution in [0, 0.1) is 11.3 Å². The predicted molar refractivity (Wildman–Crippen MR) is 79.6 cm³/mol. The molecule has 0 saturated carbocycles. The Hall–Kier alpha value is -2.25. The Kier molecular flexibility index (Phi) is 3.91. The maximum Gasteiger partial charge on any atom is 0.164 e. The molecule has 1 saturated heterocycles. The lowest BCUT2D eigenvalue weighted by Crippen LogP contribution is -2.33. The number of aliphatic hydroxyl groups excluding tert-OH is 3. The van der Waals surface area contributed by atoms with Gasteiger partial charge in [-0.25, -0.2) is 9.97 Å². The lowest BCUT2D eigenvalue weighted by molar-refractivity contribution is -0.0508. The number of nitriles is 1. The average molecular weight is 319 g/mol. The minimum Gasteiger partial charge on any atom is -0.394 e. The first kappa shape index (κ1) is 15.6. The number of nitrogens with zero attached hydrogens (tertiary/aromatic N) is 5. The summed E-state index contributed by atoms with van der Waals surface area (Å²) in [5.41, 5.74) is 0.747. The van der Waals surface area contributed by atoms with E-state index >= 15 is 0 Å². The molecule has 23 heavy (non-hydrogen) atoms. The number of fused-ring (bicyclic) bond motifs is 1. The summed E-state index contributed by atoms with van der Waals surface area (Å²) >= 11 is 0. The highest BCUT2D eigenvalue weighted by Crippen LogP contribution is 2.35. The van der Waals surface area contributed by atoms with Gasteiger partial charge in [-0.15, -0.1) is 0 Å². The van der Waals surface area contributed by atoms with E-state index in [1.54, 1.807) is 19.0 Å². The Bertz CT molecular complexity index is 768. The van der Waals surface area contributed by atoms with Crippen molar-refractivity contribution in [3.63, 3.8) is 0 Å². The molecule has 2 aromatic rings. The molecule has 1 fully saturated rings. The van der Waals surface area contributed by atoms with Crippen molar-refractivity contribution in [3.05, 3.63) is 18.1 Å². The fraction of sp³-hybridized carbons (Fsp3) is 0.500. The number of hydrogen-bond donors (Lipinski definition) is 3. The van der Waals surface area contributed by atoms with Crippen LogP contribution in [0.15, 0.2) is 12.5 Å². The summed E-state index contributed by atoms with van der Waals surface area (Å²) in [4.78, 5) is 10.1.